The number of nitrogens with one attached hydrogen (secondary N) is 1. The number of aryl methyl sites for hydroxylation is 1. The van der Waals surface area contributed by atoms with Crippen molar-refractivity contribution < 1.29 is 13.6 Å². The van der Waals surface area contributed by atoms with Crippen LogP contribution in [0.25, 0.3) is 0 Å². The van der Waals surface area contributed by atoms with Crippen LogP contribution in [0.5, 0.6) is 0 Å². The van der Waals surface area contributed by atoms with Crippen molar-refractivity contribution in [3.05, 3.63) is 17.7 Å². The van der Waals surface area contributed by atoms with Crippen LogP contribution in [0.15, 0.2) is 6.33 Å². The van der Waals surface area contributed by atoms with E-state index in [0.29, 0.717) is 17.4 Å². The van der Waals surface area contributed by atoms with E-state index >= 15 is 0 Å². The predicted molar refractivity (Wildman–Crippen MR) is 76.5 cm³/mol. The molecule has 0 spiro atoms. The molecule has 0 aromatic carbocycles. The Morgan fingerprint density at radius 1 is 1.52 bits per heavy atom. The van der Waals surface area contributed by atoms with E-state index in [0.717, 1.165) is 25.7 Å². The summed E-state index contributed by atoms with van der Waals surface area (Å²) in [6.45, 7) is 1.37. The molecule has 0 amide bonds. The average Bonchev–Trinajstić information content (AvgIpc) is 2.79. The number of halogens is 2. The first-order valence-electron chi connectivity index (χ1n) is 7.50. The molecule has 1 aliphatic carbocycles. The van der Waals surface area contributed by atoms with Crippen LogP contribution >= 0.6 is 0 Å². The number of nitrogens with zero attached hydrogens (tertiary/aromatic N) is 2. The monoisotopic (exact) mass is 299 g/mol. The predicted octanol–water partition coefficient (Wildman–Crippen LogP) is 2.35. The van der Waals surface area contributed by atoms with E-state index in [-0.39, 0.29) is 18.1 Å². The van der Waals surface area contributed by atoms with Gasteiger partial charge in [-0.15, -0.1) is 0 Å². The van der Waals surface area contributed by atoms with E-state index in [2.05, 4.69) is 10.3 Å². The first-order chi connectivity index (χ1) is 10.0. The zero-order chi connectivity index (χ0) is 15.4. The Bertz CT molecular complexity index is 487. The fourth-order valence-corrected chi connectivity index (χ4v) is 3.10. The van der Waals surface area contributed by atoms with E-state index in [1.807, 2.05) is 7.05 Å². The Balaban J connectivity index is 2.03. The molecule has 2 rings (SSSR count). The largest absolute Gasteiger partial charge is 0.328 e. The summed E-state index contributed by atoms with van der Waals surface area (Å²) in [5, 5.41) is 3.23. The van der Waals surface area contributed by atoms with Gasteiger partial charge in [-0.25, -0.2) is 13.8 Å². The molecule has 21 heavy (non-hydrogen) atoms. The summed E-state index contributed by atoms with van der Waals surface area (Å²) in [5.41, 5.74) is 1.30. The van der Waals surface area contributed by atoms with Gasteiger partial charge < -0.3 is 9.88 Å². The first kappa shape index (κ1) is 16.1. The number of aromatic nitrogens is 2. The lowest BCUT2D eigenvalue weighted by Crippen LogP contribution is -2.34. The average molecular weight is 299 g/mol. The molecule has 118 valence electrons. The molecule has 0 saturated heterocycles. The van der Waals surface area contributed by atoms with E-state index in [9.17, 15) is 13.6 Å². The molecule has 6 heteroatoms. The Morgan fingerprint density at radius 2 is 2.29 bits per heavy atom. The number of carbonyl (C=O) groups is 1. The highest BCUT2D eigenvalue weighted by molar-refractivity contribution is 5.83. The summed E-state index contributed by atoms with van der Waals surface area (Å²) in [5.74, 6) is 0.180. The molecule has 1 saturated carbocycles. The number of alkyl halides is 2. The summed E-state index contributed by atoms with van der Waals surface area (Å²) in [6.07, 6.45) is 3.06. The number of hydrogen-bond donors (Lipinski definition) is 1. The molecule has 4 nitrogen and oxygen atoms in total. The third kappa shape index (κ3) is 4.09. The second-order valence-corrected chi connectivity index (χ2v) is 5.81. The Labute approximate surface area is 123 Å². The molecular weight excluding hydrogens is 276 g/mol. The van der Waals surface area contributed by atoms with E-state index in [1.165, 1.54) is 10.9 Å². The highest BCUT2D eigenvalue weighted by Crippen LogP contribution is 2.26. The van der Waals surface area contributed by atoms with Gasteiger partial charge in [-0.3, -0.25) is 4.79 Å². The minimum Gasteiger partial charge on any atom is -0.328 e. The summed E-state index contributed by atoms with van der Waals surface area (Å²) < 4.78 is 26.5. The number of hydrogen-bond acceptors (Lipinski definition) is 3. The van der Waals surface area contributed by atoms with Crippen molar-refractivity contribution in [2.24, 2.45) is 5.92 Å². The van der Waals surface area contributed by atoms with E-state index in [4.69, 9.17) is 0 Å². The van der Waals surface area contributed by atoms with Gasteiger partial charge in [0, 0.05) is 24.1 Å². The molecule has 0 unspecified atom stereocenters. The van der Waals surface area contributed by atoms with Gasteiger partial charge in [-0.1, -0.05) is 6.42 Å². The SMILES string of the molecule is CN[C@@H]1CCC[C@H](C(=O)Cc2c(C)ncn2CC(F)F)C1. The molecule has 1 aromatic heterocycles. The quantitative estimate of drug-likeness (QED) is 0.877. The number of ketones is 1. The van der Waals surface area contributed by atoms with Crippen LogP contribution in [0.3, 0.4) is 0 Å². The van der Waals surface area contributed by atoms with E-state index < -0.39 is 13.0 Å². The maximum Gasteiger partial charge on any atom is 0.256 e. The molecule has 1 heterocycles. The molecule has 0 radical (unpaired) electrons. The molecule has 2 atom stereocenters. The summed E-state index contributed by atoms with van der Waals surface area (Å²) in [4.78, 5) is 16.5. The van der Waals surface area contributed by atoms with Crippen molar-refractivity contribution >= 4 is 5.78 Å². The maximum atomic E-state index is 12.6. The zero-order valence-electron chi connectivity index (χ0n) is 12.6. The second kappa shape index (κ2) is 7.11. The van der Waals surface area contributed by atoms with Crippen LogP contribution in [0.1, 0.15) is 37.1 Å². The molecule has 1 aromatic rings. The molecule has 1 N–H and O–H groups in total. The van der Waals surface area contributed by atoms with Crippen LogP contribution < -0.4 is 5.32 Å². The van der Waals surface area contributed by atoms with Crippen LogP contribution in [0.2, 0.25) is 0 Å². The lowest BCUT2D eigenvalue weighted by atomic mass is 9.82. The van der Waals surface area contributed by atoms with Crippen LogP contribution in [-0.4, -0.2) is 34.8 Å². The van der Waals surface area contributed by atoms with Crippen molar-refractivity contribution in [1.29, 1.82) is 0 Å². The highest BCUT2D eigenvalue weighted by Gasteiger charge is 2.27. The van der Waals surface area contributed by atoms with Gasteiger partial charge >= 0.3 is 0 Å². The van der Waals surface area contributed by atoms with Crippen molar-refractivity contribution in [2.45, 2.75) is 58.0 Å². The fourth-order valence-electron chi connectivity index (χ4n) is 3.10. The molecule has 0 bridgehead atoms. The normalized spacial score (nSPS) is 22.7. The van der Waals surface area contributed by atoms with Gasteiger partial charge in [0.15, 0.2) is 0 Å². The van der Waals surface area contributed by atoms with Gasteiger partial charge in [0.25, 0.3) is 6.43 Å². The smallest absolute Gasteiger partial charge is 0.256 e. The molecule has 1 fully saturated rings. The third-order valence-electron chi connectivity index (χ3n) is 4.37. The lowest BCUT2D eigenvalue weighted by Gasteiger charge is -2.28. The van der Waals surface area contributed by atoms with Crippen molar-refractivity contribution in [2.75, 3.05) is 7.05 Å². The van der Waals surface area contributed by atoms with Crippen molar-refractivity contribution in [3.63, 3.8) is 0 Å². The topological polar surface area (TPSA) is 46.9 Å². The minimum absolute atomic E-state index is 0.0329. The number of imidazole rings is 1. The number of carbonyl (C=O) groups excluding carboxylic acids is 1. The van der Waals surface area contributed by atoms with Crippen LogP contribution in [-0.2, 0) is 17.8 Å². The molecule has 0 aliphatic heterocycles. The van der Waals surface area contributed by atoms with Crippen molar-refractivity contribution in [1.82, 2.24) is 14.9 Å². The van der Waals surface area contributed by atoms with Gasteiger partial charge in [0.05, 0.1) is 18.6 Å². The zero-order valence-corrected chi connectivity index (χ0v) is 12.6. The Morgan fingerprint density at radius 3 is 2.95 bits per heavy atom. The molecule has 1 aliphatic rings. The van der Waals surface area contributed by atoms with Gasteiger partial charge in [-0.05, 0) is 33.2 Å². The van der Waals surface area contributed by atoms with E-state index in [1.54, 1.807) is 6.92 Å². The maximum absolute atomic E-state index is 12.6. The number of rotatable bonds is 6. The molecular formula is C15H23F2N3O. The van der Waals surface area contributed by atoms with Crippen LogP contribution in [0, 0.1) is 12.8 Å². The van der Waals surface area contributed by atoms with Crippen molar-refractivity contribution in [3.8, 4) is 0 Å². The van der Waals surface area contributed by atoms with Gasteiger partial charge in [-0.2, -0.15) is 0 Å². The van der Waals surface area contributed by atoms with Crippen LogP contribution in [0.4, 0.5) is 8.78 Å². The summed E-state index contributed by atoms with van der Waals surface area (Å²) in [7, 11) is 1.92. The fraction of sp³-hybridized carbons (Fsp3) is 0.733. The van der Waals surface area contributed by atoms with Gasteiger partial charge in [0.2, 0.25) is 0 Å². The summed E-state index contributed by atoms with van der Waals surface area (Å²) >= 11 is 0. The minimum atomic E-state index is -2.43. The second-order valence-electron chi connectivity index (χ2n) is 5.81. The summed E-state index contributed by atoms with van der Waals surface area (Å²) in [6, 6.07) is 0.389. The number of Topliss-reactive ketones (excluding diaryl/α,β-unsaturated/α-hetero) is 1. The standard InChI is InChI=1S/C15H23F2N3O/c1-10-13(20(9-19-10)8-15(16)17)7-14(21)11-4-3-5-12(6-11)18-2/h9,11-12,15,18H,3-8H2,1-2H3/t11-,12+/m0/s1. The highest BCUT2D eigenvalue weighted by atomic mass is 19.3. The first-order valence-corrected chi connectivity index (χ1v) is 7.50. The Hall–Kier alpha value is -1.30. The Kier molecular flexibility index (Phi) is 5.45. The third-order valence-corrected chi connectivity index (χ3v) is 4.37. The van der Waals surface area contributed by atoms with Gasteiger partial charge in [0.1, 0.15) is 5.78 Å². The lowest BCUT2D eigenvalue weighted by molar-refractivity contribution is -0.123.